The van der Waals surface area contributed by atoms with Crippen LogP contribution in [-0.2, 0) is 0 Å². The second-order valence-corrected chi connectivity index (χ2v) is 19.0. The maximum atomic E-state index is 3.14. The third-order valence-corrected chi connectivity index (χ3v) is 14.1. The molecule has 3 nitrogen and oxygen atoms in total. The summed E-state index contributed by atoms with van der Waals surface area (Å²) >= 11 is 0. The Bertz CT molecular complexity index is 512. The van der Waals surface area contributed by atoms with Gasteiger partial charge >= 0.3 is 0 Å². The number of nitrogens with zero attached hydrogens (tertiary/aromatic N) is 3. The molecule has 0 saturated carbocycles. The Labute approximate surface area is 333 Å². The van der Waals surface area contributed by atoms with Crippen LogP contribution in [0.25, 0.3) is 0 Å². The average Bonchev–Trinajstić information content (AvgIpc) is 3.15. The van der Waals surface area contributed by atoms with Crippen molar-refractivity contribution in [3.05, 3.63) is 0 Å². The van der Waals surface area contributed by atoms with Crippen molar-refractivity contribution in [1.29, 1.82) is 0 Å². The molecule has 0 unspecified atom stereocenters. The summed E-state index contributed by atoms with van der Waals surface area (Å²) in [5.74, 6) is 0. The highest BCUT2D eigenvalue weighted by Gasteiger charge is 2.31. The molecular formula is C48H102N3P. The van der Waals surface area contributed by atoms with Gasteiger partial charge in [0.25, 0.3) is 0 Å². The first-order valence-corrected chi connectivity index (χ1v) is 25.9. The van der Waals surface area contributed by atoms with Gasteiger partial charge in [0.05, 0.1) is 0 Å². The van der Waals surface area contributed by atoms with Crippen LogP contribution in [0.3, 0.4) is 0 Å². The number of hydrogen-bond acceptors (Lipinski definition) is 3. The SMILES string of the molecule is CCCCCCCCN(CCCCCCCC)P(N(CCCCCCCC)CCCCCCCC)N(CCCCCCCC)CCCCCCCC. The lowest BCUT2D eigenvalue weighted by Gasteiger charge is -2.46. The molecule has 0 aliphatic rings. The molecule has 0 saturated heterocycles. The smallest absolute Gasteiger partial charge is 0.120 e. The van der Waals surface area contributed by atoms with Gasteiger partial charge in [-0.1, -0.05) is 234 Å². The Hall–Kier alpha value is 0.310. The zero-order valence-electron chi connectivity index (χ0n) is 37.5. The zero-order chi connectivity index (χ0) is 38.0. The molecule has 0 amide bonds. The highest BCUT2D eigenvalue weighted by Crippen LogP contribution is 2.49. The molecule has 0 radical (unpaired) electrons. The van der Waals surface area contributed by atoms with Crippen LogP contribution in [0.2, 0.25) is 0 Å². The topological polar surface area (TPSA) is 9.72 Å². The quantitative estimate of drug-likeness (QED) is 0.0453. The van der Waals surface area contributed by atoms with Crippen molar-refractivity contribution < 1.29 is 0 Å². The van der Waals surface area contributed by atoms with Crippen molar-refractivity contribution >= 4 is 8.37 Å². The standard InChI is InChI=1S/C48H102N3P/c1-7-13-19-25-31-37-43-49(44-38-32-26-20-14-8-2)52(50(45-39-33-27-21-15-9-3)46-40-34-28-22-16-10-4)51(47-41-35-29-23-17-11-5)48-42-36-30-24-18-12-6/h7-48H2,1-6H3. The molecule has 0 atom stereocenters. The Morgan fingerprint density at radius 1 is 0.192 bits per heavy atom. The van der Waals surface area contributed by atoms with Crippen LogP contribution >= 0.6 is 8.37 Å². The fraction of sp³-hybridized carbons (Fsp3) is 1.00. The van der Waals surface area contributed by atoms with E-state index in [1.54, 1.807) is 0 Å². The van der Waals surface area contributed by atoms with Gasteiger partial charge in [0, 0.05) is 39.3 Å². The molecule has 314 valence electrons. The van der Waals surface area contributed by atoms with E-state index in [-0.39, 0.29) is 0 Å². The summed E-state index contributed by atoms with van der Waals surface area (Å²) in [4.78, 5) is 0. The normalized spacial score (nSPS) is 12.1. The van der Waals surface area contributed by atoms with E-state index >= 15 is 0 Å². The van der Waals surface area contributed by atoms with Crippen LogP contribution in [0, 0.1) is 0 Å². The average molecular weight is 752 g/mol. The minimum absolute atomic E-state index is 0.416. The predicted octanol–water partition coefficient (Wildman–Crippen LogP) is 17.3. The maximum Gasteiger partial charge on any atom is 0.120 e. The van der Waals surface area contributed by atoms with Gasteiger partial charge in [-0.2, -0.15) is 0 Å². The van der Waals surface area contributed by atoms with Crippen molar-refractivity contribution in [2.75, 3.05) is 39.3 Å². The van der Waals surface area contributed by atoms with Gasteiger partial charge in [0.1, 0.15) is 8.37 Å². The fourth-order valence-electron chi connectivity index (χ4n) is 7.86. The van der Waals surface area contributed by atoms with Crippen LogP contribution in [0.5, 0.6) is 0 Å². The summed E-state index contributed by atoms with van der Waals surface area (Å²) in [6, 6.07) is 0. The number of hydrogen-bond donors (Lipinski definition) is 0. The molecule has 4 heteroatoms. The molecule has 0 spiro atoms. The Kier molecular flexibility index (Phi) is 44.3. The molecule has 0 aliphatic carbocycles. The van der Waals surface area contributed by atoms with E-state index in [2.05, 4.69) is 55.6 Å². The highest BCUT2D eigenvalue weighted by atomic mass is 31.2. The second-order valence-electron chi connectivity index (χ2n) is 16.7. The lowest BCUT2D eigenvalue weighted by atomic mass is 10.1. The minimum Gasteiger partial charge on any atom is -0.257 e. The molecular weight excluding hydrogens is 650 g/mol. The first-order valence-electron chi connectivity index (χ1n) is 24.7. The summed E-state index contributed by atoms with van der Waals surface area (Å²) in [7, 11) is -0.416. The first-order chi connectivity index (χ1) is 25.7. The number of rotatable bonds is 45. The fourth-order valence-corrected chi connectivity index (χ4v) is 10.9. The van der Waals surface area contributed by atoms with Crippen LogP contribution in [0.4, 0.5) is 0 Å². The van der Waals surface area contributed by atoms with Crippen molar-refractivity contribution in [2.45, 2.75) is 273 Å². The van der Waals surface area contributed by atoms with E-state index in [4.69, 9.17) is 0 Å². The molecule has 0 aromatic carbocycles. The third-order valence-electron chi connectivity index (χ3n) is 11.4. The lowest BCUT2D eigenvalue weighted by Crippen LogP contribution is -2.40. The zero-order valence-corrected chi connectivity index (χ0v) is 38.4. The molecule has 0 bridgehead atoms. The second kappa shape index (κ2) is 44.0. The minimum atomic E-state index is -0.416. The maximum absolute atomic E-state index is 3.14. The van der Waals surface area contributed by atoms with Gasteiger partial charge in [-0.25, -0.2) is 0 Å². The van der Waals surface area contributed by atoms with Crippen LogP contribution in [-0.4, -0.2) is 53.3 Å². The molecule has 0 aromatic heterocycles. The summed E-state index contributed by atoms with van der Waals surface area (Å²) < 4.78 is 9.41. The van der Waals surface area contributed by atoms with Crippen molar-refractivity contribution in [2.24, 2.45) is 0 Å². The number of unbranched alkanes of at least 4 members (excludes halogenated alkanes) is 30. The first kappa shape index (κ1) is 52.3. The van der Waals surface area contributed by atoms with E-state index in [9.17, 15) is 0 Å². The molecule has 52 heavy (non-hydrogen) atoms. The van der Waals surface area contributed by atoms with Crippen LogP contribution < -0.4 is 0 Å². The monoisotopic (exact) mass is 752 g/mol. The van der Waals surface area contributed by atoms with Gasteiger partial charge < -0.3 is 0 Å². The van der Waals surface area contributed by atoms with Crippen molar-refractivity contribution in [3.8, 4) is 0 Å². The van der Waals surface area contributed by atoms with Gasteiger partial charge in [-0.3, -0.25) is 14.0 Å². The van der Waals surface area contributed by atoms with Gasteiger partial charge in [-0.15, -0.1) is 0 Å². The molecule has 0 aromatic rings. The molecule has 0 rings (SSSR count). The van der Waals surface area contributed by atoms with Gasteiger partial charge in [-0.05, 0) is 38.5 Å². The van der Waals surface area contributed by atoms with Gasteiger partial charge in [0.15, 0.2) is 0 Å². The van der Waals surface area contributed by atoms with Gasteiger partial charge in [0.2, 0.25) is 0 Å². The van der Waals surface area contributed by atoms with E-state index in [1.165, 1.54) is 270 Å². The molecule has 0 heterocycles. The summed E-state index contributed by atoms with van der Waals surface area (Å²) in [6.45, 7) is 22.2. The summed E-state index contributed by atoms with van der Waals surface area (Å²) in [6.07, 6.45) is 50.9. The third kappa shape index (κ3) is 33.6. The summed E-state index contributed by atoms with van der Waals surface area (Å²) in [5.41, 5.74) is 0. The van der Waals surface area contributed by atoms with E-state index in [0.717, 1.165) is 0 Å². The Balaban J connectivity index is 6.33. The summed E-state index contributed by atoms with van der Waals surface area (Å²) in [5, 5.41) is 0. The molecule has 0 aliphatic heterocycles. The van der Waals surface area contributed by atoms with Crippen LogP contribution in [0.15, 0.2) is 0 Å². The lowest BCUT2D eigenvalue weighted by molar-refractivity contribution is 0.293. The molecule has 0 N–H and O–H groups in total. The van der Waals surface area contributed by atoms with Crippen molar-refractivity contribution in [1.82, 2.24) is 14.0 Å². The van der Waals surface area contributed by atoms with E-state index < -0.39 is 8.37 Å². The largest absolute Gasteiger partial charge is 0.257 e. The Morgan fingerprint density at radius 3 is 0.481 bits per heavy atom. The van der Waals surface area contributed by atoms with E-state index in [0.29, 0.717) is 0 Å². The van der Waals surface area contributed by atoms with Crippen molar-refractivity contribution in [3.63, 3.8) is 0 Å². The van der Waals surface area contributed by atoms with E-state index in [1.807, 2.05) is 0 Å². The predicted molar refractivity (Wildman–Crippen MR) is 242 cm³/mol. The molecule has 0 fully saturated rings. The van der Waals surface area contributed by atoms with Crippen LogP contribution in [0.1, 0.15) is 273 Å². The Morgan fingerprint density at radius 2 is 0.327 bits per heavy atom. The highest BCUT2D eigenvalue weighted by molar-refractivity contribution is 7.50.